The lowest BCUT2D eigenvalue weighted by Crippen LogP contribution is -2.03. The van der Waals surface area contributed by atoms with E-state index in [2.05, 4.69) is 0 Å². The molecule has 0 saturated carbocycles. The second-order valence-corrected chi connectivity index (χ2v) is 3.93. The monoisotopic (exact) mass is 260 g/mol. The number of aldehydes is 1. The van der Waals surface area contributed by atoms with Crippen molar-refractivity contribution in [2.45, 2.75) is 6.61 Å². The smallest absolute Gasteiger partial charge is 0.189 e. The Bertz CT molecular complexity index is 540. The lowest BCUT2D eigenvalue weighted by molar-refractivity contribution is 0.00487. The summed E-state index contributed by atoms with van der Waals surface area (Å²) in [6.45, 7) is 0.410. The predicted molar refractivity (Wildman–Crippen MR) is 68.5 cm³/mol. The first-order chi connectivity index (χ1) is 9.28. The van der Waals surface area contributed by atoms with Gasteiger partial charge in [0.15, 0.2) is 6.79 Å². The number of halogens is 1. The van der Waals surface area contributed by atoms with Gasteiger partial charge in [-0.1, -0.05) is 30.3 Å². The average Bonchev–Trinajstić information content (AvgIpc) is 2.44. The summed E-state index contributed by atoms with van der Waals surface area (Å²) in [5.41, 5.74) is 1.26. The zero-order valence-electron chi connectivity index (χ0n) is 10.2. The largest absolute Gasteiger partial charge is 0.467 e. The minimum Gasteiger partial charge on any atom is -0.467 e. The Hall–Kier alpha value is -2.20. The first-order valence-electron chi connectivity index (χ1n) is 5.78. The molecule has 0 fully saturated rings. The van der Waals surface area contributed by atoms with E-state index in [1.165, 1.54) is 12.1 Å². The Morgan fingerprint density at radius 1 is 1.11 bits per heavy atom. The molecule has 0 N–H and O–H groups in total. The molecule has 0 atom stereocenters. The summed E-state index contributed by atoms with van der Waals surface area (Å²) in [5, 5.41) is 0. The van der Waals surface area contributed by atoms with Crippen LogP contribution in [0.3, 0.4) is 0 Å². The second kappa shape index (κ2) is 6.66. The molecule has 2 aromatic carbocycles. The maximum atomic E-state index is 13.1. The van der Waals surface area contributed by atoms with Gasteiger partial charge >= 0.3 is 0 Å². The van der Waals surface area contributed by atoms with Crippen LogP contribution in [0.5, 0.6) is 5.75 Å². The Labute approximate surface area is 110 Å². The molecule has 19 heavy (non-hydrogen) atoms. The van der Waals surface area contributed by atoms with Crippen molar-refractivity contribution in [2.24, 2.45) is 0 Å². The van der Waals surface area contributed by atoms with Crippen LogP contribution in [0, 0.1) is 5.82 Å². The van der Waals surface area contributed by atoms with E-state index in [0.717, 1.165) is 11.6 Å². The molecule has 0 unspecified atom stereocenters. The van der Waals surface area contributed by atoms with E-state index in [4.69, 9.17) is 9.47 Å². The quantitative estimate of drug-likeness (QED) is 0.454. The van der Waals surface area contributed by atoms with Gasteiger partial charge in [0.05, 0.1) is 6.61 Å². The van der Waals surface area contributed by atoms with E-state index in [-0.39, 0.29) is 18.1 Å². The van der Waals surface area contributed by atoms with Crippen molar-refractivity contribution in [2.75, 3.05) is 6.79 Å². The zero-order chi connectivity index (χ0) is 13.5. The van der Waals surface area contributed by atoms with Gasteiger partial charge < -0.3 is 9.47 Å². The highest BCUT2D eigenvalue weighted by Crippen LogP contribution is 2.15. The van der Waals surface area contributed by atoms with Crippen molar-refractivity contribution in [3.05, 3.63) is 65.5 Å². The van der Waals surface area contributed by atoms with E-state index in [1.807, 2.05) is 30.3 Å². The molecule has 0 bridgehead atoms. The highest BCUT2D eigenvalue weighted by molar-refractivity contribution is 5.75. The van der Waals surface area contributed by atoms with Crippen LogP contribution in [-0.4, -0.2) is 13.1 Å². The normalized spacial score (nSPS) is 10.2. The van der Waals surface area contributed by atoms with Gasteiger partial charge in [0.25, 0.3) is 0 Å². The van der Waals surface area contributed by atoms with Crippen LogP contribution in [0.25, 0.3) is 0 Å². The van der Waals surface area contributed by atoms with Crippen molar-refractivity contribution < 1.29 is 18.7 Å². The van der Waals surface area contributed by atoms with Gasteiger partial charge in [-0.15, -0.1) is 0 Å². The molecular weight excluding hydrogens is 247 g/mol. The van der Waals surface area contributed by atoms with Gasteiger partial charge in [0.1, 0.15) is 17.9 Å². The predicted octanol–water partition coefficient (Wildman–Crippen LogP) is 3.19. The second-order valence-electron chi connectivity index (χ2n) is 3.93. The molecule has 0 aliphatic rings. The average molecular weight is 260 g/mol. The fraction of sp³-hybridized carbons (Fsp3) is 0.133. The Morgan fingerprint density at radius 3 is 2.63 bits per heavy atom. The lowest BCUT2D eigenvalue weighted by atomic mass is 10.2. The third-order valence-electron chi connectivity index (χ3n) is 2.45. The number of ether oxygens (including phenoxy) is 2. The summed E-state index contributed by atoms with van der Waals surface area (Å²) in [6, 6.07) is 13.4. The number of hydrogen-bond donors (Lipinski definition) is 0. The van der Waals surface area contributed by atoms with E-state index in [0.29, 0.717) is 12.9 Å². The first-order valence-corrected chi connectivity index (χ1v) is 5.78. The maximum absolute atomic E-state index is 13.1. The number of carbonyl (C=O) groups excluding carboxylic acids is 1. The van der Waals surface area contributed by atoms with E-state index in [9.17, 15) is 9.18 Å². The third kappa shape index (κ3) is 4.19. The van der Waals surface area contributed by atoms with Crippen LogP contribution < -0.4 is 4.74 Å². The highest BCUT2D eigenvalue weighted by Gasteiger charge is 2.01. The van der Waals surface area contributed by atoms with Crippen molar-refractivity contribution in [1.29, 1.82) is 0 Å². The number of hydrogen-bond acceptors (Lipinski definition) is 3. The molecule has 0 heterocycles. The molecule has 2 rings (SSSR count). The summed E-state index contributed by atoms with van der Waals surface area (Å²) >= 11 is 0. The van der Waals surface area contributed by atoms with Gasteiger partial charge in [-0.2, -0.15) is 0 Å². The molecular formula is C15H13FO3. The van der Waals surface area contributed by atoms with Crippen LogP contribution in [0.2, 0.25) is 0 Å². The van der Waals surface area contributed by atoms with Crippen LogP contribution in [0.4, 0.5) is 4.39 Å². The molecule has 0 radical (unpaired) electrons. The zero-order valence-corrected chi connectivity index (χ0v) is 10.2. The van der Waals surface area contributed by atoms with Crippen molar-refractivity contribution in [3.8, 4) is 5.75 Å². The molecule has 0 aliphatic carbocycles. The minimum atomic E-state index is -0.511. The van der Waals surface area contributed by atoms with Gasteiger partial charge in [0.2, 0.25) is 0 Å². The van der Waals surface area contributed by atoms with E-state index < -0.39 is 5.82 Å². The molecule has 0 aliphatic heterocycles. The highest BCUT2D eigenvalue weighted by atomic mass is 19.1. The summed E-state index contributed by atoms with van der Waals surface area (Å²) in [6.07, 6.45) is 0.570. The summed E-state index contributed by atoms with van der Waals surface area (Å²) in [7, 11) is 0. The molecule has 0 saturated heterocycles. The van der Waals surface area contributed by atoms with Gasteiger partial charge in [-0.05, 0) is 17.7 Å². The van der Waals surface area contributed by atoms with Crippen LogP contribution in [-0.2, 0) is 11.3 Å². The first kappa shape index (κ1) is 13.2. The number of carbonyl (C=O) groups is 1. The van der Waals surface area contributed by atoms with Gasteiger partial charge in [0, 0.05) is 11.6 Å². The van der Waals surface area contributed by atoms with Crippen molar-refractivity contribution in [1.82, 2.24) is 0 Å². The molecule has 2 aromatic rings. The fourth-order valence-electron chi connectivity index (χ4n) is 1.58. The molecule has 0 aromatic heterocycles. The Balaban J connectivity index is 1.82. The topological polar surface area (TPSA) is 35.5 Å². The van der Waals surface area contributed by atoms with E-state index >= 15 is 0 Å². The van der Waals surface area contributed by atoms with Crippen molar-refractivity contribution >= 4 is 6.29 Å². The van der Waals surface area contributed by atoms with Crippen molar-refractivity contribution in [3.63, 3.8) is 0 Å². The standard InChI is InChI=1S/C15H13FO3/c16-14-6-13(9-17)7-15(8-14)19-11-18-10-12-4-2-1-3-5-12/h1-9H,10-11H2. The SMILES string of the molecule is O=Cc1cc(F)cc(OCOCc2ccccc2)c1. The molecule has 98 valence electrons. The Morgan fingerprint density at radius 2 is 1.89 bits per heavy atom. The number of benzene rings is 2. The molecule has 0 amide bonds. The third-order valence-corrected chi connectivity index (χ3v) is 2.45. The van der Waals surface area contributed by atoms with Gasteiger partial charge in [-0.3, -0.25) is 4.79 Å². The fourth-order valence-corrected chi connectivity index (χ4v) is 1.58. The number of rotatable bonds is 6. The lowest BCUT2D eigenvalue weighted by Gasteiger charge is -2.08. The maximum Gasteiger partial charge on any atom is 0.189 e. The van der Waals surface area contributed by atoms with Gasteiger partial charge in [-0.25, -0.2) is 4.39 Å². The van der Waals surface area contributed by atoms with E-state index in [1.54, 1.807) is 0 Å². The Kier molecular flexibility index (Phi) is 4.64. The molecule has 4 heteroatoms. The summed E-state index contributed by atoms with van der Waals surface area (Å²) in [5.74, 6) is -0.238. The van der Waals surface area contributed by atoms with Crippen LogP contribution in [0.1, 0.15) is 15.9 Å². The molecule has 0 spiro atoms. The minimum absolute atomic E-state index is 0.00333. The summed E-state index contributed by atoms with van der Waals surface area (Å²) in [4.78, 5) is 10.6. The molecule has 3 nitrogen and oxygen atoms in total. The summed E-state index contributed by atoms with van der Waals surface area (Å²) < 4.78 is 23.6. The van der Waals surface area contributed by atoms with Crippen LogP contribution in [0.15, 0.2) is 48.5 Å². The van der Waals surface area contributed by atoms with Crippen LogP contribution >= 0.6 is 0 Å².